The molecule has 0 radical (unpaired) electrons. The van der Waals surface area contributed by atoms with Crippen LogP contribution in [-0.4, -0.2) is 11.7 Å². The summed E-state index contributed by atoms with van der Waals surface area (Å²) >= 11 is 0. The molecule has 0 bridgehead atoms. The van der Waals surface area contributed by atoms with Gasteiger partial charge in [-0.25, -0.2) is 9.98 Å². The van der Waals surface area contributed by atoms with Crippen LogP contribution in [0.1, 0.15) is 22.9 Å². The van der Waals surface area contributed by atoms with Crippen molar-refractivity contribution < 1.29 is 4.42 Å². The highest BCUT2D eigenvalue weighted by Crippen LogP contribution is 2.43. The molecule has 1 aliphatic rings. The van der Waals surface area contributed by atoms with E-state index in [-0.39, 0.29) is 0 Å². The van der Waals surface area contributed by atoms with Gasteiger partial charge in [0.25, 0.3) is 0 Å². The van der Waals surface area contributed by atoms with Gasteiger partial charge in [0.1, 0.15) is 22.8 Å². The number of fused-ring (bicyclic) bond motifs is 7. The highest BCUT2D eigenvalue weighted by molar-refractivity contribution is 6.17. The third kappa shape index (κ3) is 4.61. The van der Waals surface area contributed by atoms with Gasteiger partial charge in [-0.2, -0.15) is 0 Å². The molecule has 10 rings (SSSR count). The zero-order chi connectivity index (χ0) is 32.3. The van der Waals surface area contributed by atoms with Gasteiger partial charge in [-0.05, 0) is 67.7 Å². The Morgan fingerprint density at radius 2 is 1.06 bits per heavy atom. The second-order valence-corrected chi connectivity index (χ2v) is 12.6. The molecule has 1 aromatic heterocycles. The monoisotopic (exact) mass is 627 g/mol. The summed E-state index contributed by atoms with van der Waals surface area (Å²) in [6, 6.07) is 57.5. The molecule has 2 heterocycles. The topological polar surface area (TPSA) is 49.9 Å². The maximum atomic E-state index is 6.45. The average molecular weight is 628 g/mol. The van der Waals surface area contributed by atoms with Gasteiger partial charge >= 0.3 is 0 Å². The first-order valence-electron chi connectivity index (χ1n) is 16.6. The number of nitrogens with one attached hydrogen (secondary N) is 1. The maximum absolute atomic E-state index is 6.45. The van der Waals surface area contributed by atoms with E-state index in [4.69, 9.17) is 14.4 Å². The van der Waals surface area contributed by atoms with E-state index in [0.29, 0.717) is 0 Å². The van der Waals surface area contributed by atoms with E-state index in [2.05, 4.69) is 139 Å². The largest absolute Gasteiger partial charge is 0.456 e. The molecule has 0 saturated heterocycles. The smallest absolute Gasteiger partial charge is 0.171 e. The number of nitrogens with zero attached hydrogens (tertiary/aromatic N) is 2. The van der Waals surface area contributed by atoms with E-state index < -0.39 is 6.17 Å². The first-order valence-corrected chi connectivity index (χ1v) is 16.6. The molecular weight excluding hydrogens is 599 g/mol. The number of hydrogen-bond acceptors (Lipinski definition) is 4. The van der Waals surface area contributed by atoms with Crippen LogP contribution in [0.25, 0.3) is 65.4 Å². The van der Waals surface area contributed by atoms with Gasteiger partial charge in [0.05, 0.1) is 0 Å². The molecule has 0 saturated carbocycles. The van der Waals surface area contributed by atoms with Crippen LogP contribution in [0.2, 0.25) is 0 Å². The number of benzene rings is 8. The van der Waals surface area contributed by atoms with Crippen LogP contribution in [0.5, 0.6) is 0 Å². The summed E-state index contributed by atoms with van der Waals surface area (Å²) in [4.78, 5) is 10.8. The van der Waals surface area contributed by atoms with Crippen LogP contribution in [-0.2, 0) is 0 Å². The summed E-state index contributed by atoms with van der Waals surface area (Å²) in [5.41, 5.74) is 6.90. The minimum absolute atomic E-state index is 0.537. The first kappa shape index (κ1) is 27.6. The molecule has 0 aliphatic carbocycles. The quantitative estimate of drug-likeness (QED) is 0.197. The lowest BCUT2D eigenvalue weighted by atomic mass is 9.91. The van der Waals surface area contributed by atoms with Gasteiger partial charge in [-0.1, -0.05) is 140 Å². The molecule has 1 aliphatic heterocycles. The molecule has 0 fully saturated rings. The second-order valence-electron chi connectivity index (χ2n) is 12.6. The molecule has 4 nitrogen and oxygen atoms in total. The highest BCUT2D eigenvalue weighted by atomic mass is 16.3. The van der Waals surface area contributed by atoms with E-state index in [1.807, 2.05) is 30.3 Å². The zero-order valence-corrected chi connectivity index (χ0v) is 26.5. The number of rotatable bonds is 4. The van der Waals surface area contributed by atoms with E-state index >= 15 is 0 Å². The Morgan fingerprint density at radius 1 is 0.429 bits per heavy atom. The van der Waals surface area contributed by atoms with Gasteiger partial charge in [0.2, 0.25) is 0 Å². The van der Waals surface area contributed by atoms with E-state index in [1.165, 1.54) is 26.9 Å². The van der Waals surface area contributed by atoms with Crippen molar-refractivity contribution in [1.29, 1.82) is 0 Å². The minimum atomic E-state index is -0.537. The maximum Gasteiger partial charge on any atom is 0.171 e. The normalized spacial score (nSPS) is 14.7. The van der Waals surface area contributed by atoms with Crippen molar-refractivity contribution in [3.05, 3.63) is 180 Å². The van der Waals surface area contributed by atoms with Crippen LogP contribution in [0, 0.1) is 0 Å². The highest BCUT2D eigenvalue weighted by Gasteiger charge is 2.27. The van der Waals surface area contributed by atoms with Gasteiger partial charge in [-0.3, -0.25) is 0 Å². The standard InChI is InChI=1S/C45H29N3O/c1-2-12-30(13-3-1)43-46-44(34-21-18-28-10-4-5-14-31(28)26-34)48-45(47-43)42-37(24-25-40-41(42)38-16-8-9-17-39(38)49-40)33-22-23-36-32(27-33)20-19-29-11-6-7-15-35(29)36/h1-27,45H,(H,46,47,48). The third-order valence-electron chi connectivity index (χ3n) is 9.71. The number of hydrogen-bond donors (Lipinski definition) is 1. The van der Waals surface area contributed by atoms with Gasteiger partial charge < -0.3 is 9.73 Å². The van der Waals surface area contributed by atoms with E-state index in [0.717, 1.165) is 66.8 Å². The summed E-state index contributed by atoms with van der Waals surface area (Å²) in [6.45, 7) is 0. The summed E-state index contributed by atoms with van der Waals surface area (Å²) < 4.78 is 6.45. The van der Waals surface area contributed by atoms with Gasteiger partial charge in [0, 0.05) is 27.5 Å². The lowest BCUT2D eigenvalue weighted by molar-refractivity contribution is 0.667. The summed E-state index contributed by atoms with van der Waals surface area (Å²) in [6.07, 6.45) is -0.537. The molecule has 8 aromatic carbocycles. The molecule has 0 amide bonds. The predicted octanol–water partition coefficient (Wildman–Crippen LogP) is 11.2. The minimum Gasteiger partial charge on any atom is -0.456 e. The fourth-order valence-corrected chi connectivity index (χ4v) is 7.35. The Kier molecular flexibility index (Phi) is 6.21. The lowest BCUT2D eigenvalue weighted by Gasteiger charge is -2.24. The Hall–Kier alpha value is -6.52. The van der Waals surface area contributed by atoms with Crippen molar-refractivity contribution in [3.63, 3.8) is 0 Å². The van der Waals surface area contributed by atoms with Crippen molar-refractivity contribution in [2.45, 2.75) is 6.17 Å². The Bertz CT molecular complexity index is 2810. The average Bonchev–Trinajstić information content (AvgIpc) is 3.56. The van der Waals surface area contributed by atoms with Crippen LogP contribution in [0.3, 0.4) is 0 Å². The number of para-hydroxylation sites is 1. The molecule has 0 spiro atoms. The molecule has 9 aromatic rings. The van der Waals surface area contributed by atoms with Crippen molar-refractivity contribution in [2.75, 3.05) is 0 Å². The third-order valence-corrected chi connectivity index (χ3v) is 9.71. The second kappa shape index (κ2) is 11.0. The summed E-state index contributed by atoms with van der Waals surface area (Å²) in [5, 5.41) is 13.0. The number of amidine groups is 2. The summed E-state index contributed by atoms with van der Waals surface area (Å²) in [5.74, 6) is 1.56. The fourth-order valence-electron chi connectivity index (χ4n) is 7.35. The number of furan rings is 1. The molecule has 1 N–H and O–H groups in total. The van der Waals surface area contributed by atoms with Crippen LogP contribution >= 0.6 is 0 Å². The van der Waals surface area contributed by atoms with Crippen molar-refractivity contribution in [1.82, 2.24) is 5.32 Å². The zero-order valence-electron chi connectivity index (χ0n) is 26.5. The predicted molar refractivity (Wildman–Crippen MR) is 204 cm³/mol. The molecule has 49 heavy (non-hydrogen) atoms. The Morgan fingerprint density at radius 3 is 1.94 bits per heavy atom. The molecular formula is C45H29N3O. The fraction of sp³-hybridized carbons (Fsp3) is 0.0222. The Labute approximate surface area is 282 Å². The number of aliphatic imine (C=N–C) groups is 2. The Balaban J connectivity index is 1.24. The molecule has 1 atom stereocenters. The van der Waals surface area contributed by atoms with Gasteiger partial charge in [-0.15, -0.1) is 0 Å². The molecule has 4 heteroatoms. The van der Waals surface area contributed by atoms with Gasteiger partial charge in [0.15, 0.2) is 6.17 Å². The lowest BCUT2D eigenvalue weighted by Crippen LogP contribution is -2.36. The van der Waals surface area contributed by atoms with Crippen molar-refractivity contribution in [3.8, 4) is 11.1 Å². The van der Waals surface area contributed by atoms with Crippen LogP contribution in [0.15, 0.2) is 178 Å². The van der Waals surface area contributed by atoms with E-state index in [9.17, 15) is 0 Å². The first-order chi connectivity index (χ1) is 24.3. The van der Waals surface area contributed by atoms with Crippen LogP contribution < -0.4 is 5.32 Å². The van der Waals surface area contributed by atoms with Crippen LogP contribution in [0.4, 0.5) is 0 Å². The van der Waals surface area contributed by atoms with Crippen molar-refractivity contribution >= 4 is 65.9 Å². The SMILES string of the molecule is c1ccc(C2=NC(c3c(-c4ccc5c(ccc6ccccc65)c4)ccc4oc5ccccc5c34)N=C(c3ccc4ccccc4c3)N2)cc1. The van der Waals surface area contributed by atoms with E-state index in [1.54, 1.807) is 0 Å². The molecule has 230 valence electrons. The molecule has 1 unspecified atom stereocenters. The summed E-state index contributed by atoms with van der Waals surface area (Å²) in [7, 11) is 0. The van der Waals surface area contributed by atoms with Crippen molar-refractivity contribution in [2.24, 2.45) is 9.98 Å².